The van der Waals surface area contributed by atoms with Crippen LogP contribution in [-0.2, 0) is 6.42 Å². The molecule has 0 radical (unpaired) electrons. The summed E-state index contributed by atoms with van der Waals surface area (Å²) >= 11 is 1.85. The van der Waals surface area contributed by atoms with Crippen LogP contribution < -0.4 is 5.32 Å². The van der Waals surface area contributed by atoms with Crippen molar-refractivity contribution in [3.05, 3.63) is 11.9 Å². The lowest BCUT2D eigenvalue weighted by Gasteiger charge is -2.13. The molecule has 0 aliphatic heterocycles. The topological polar surface area (TPSA) is 37.8 Å². The molecule has 0 saturated carbocycles. The molecule has 0 amide bonds. The van der Waals surface area contributed by atoms with E-state index in [2.05, 4.69) is 43.0 Å². The van der Waals surface area contributed by atoms with Crippen molar-refractivity contribution in [3.63, 3.8) is 0 Å². The average molecular weight is 267 g/mol. The molecule has 18 heavy (non-hydrogen) atoms. The molecule has 0 fully saturated rings. The van der Waals surface area contributed by atoms with Crippen molar-refractivity contribution in [3.8, 4) is 0 Å². The maximum atomic E-state index is 4.45. The molecular formula is C14H25N3S. The molecule has 0 unspecified atom stereocenters. The van der Waals surface area contributed by atoms with E-state index in [1.54, 1.807) is 6.33 Å². The SMILES string of the molecule is CCCNc1ncnc(SCC(C)C)c1CCC. The first kappa shape index (κ1) is 15.3. The summed E-state index contributed by atoms with van der Waals surface area (Å²) in [4.78, 5) is 8.84. The maximum absolute atomic E-state index is 4.45. The summed E-state index contributed by atoms with van der Waals surface area (Å²) < 4.78 is 0. The summed E-state index contributed by atoms with van der Waals surface area (Å²) in [6.45, 7) is 9.82. The molecule has 0 spiro atoms. The summed E-state index contributed by atoms with van der Waals surface area (Å²) in [6, 6.07) is 0. The highest BCUT2D eigenvalue weighted by Gasteiger charge is 2.11. The first-order valence-corrected chi connectivity index (χ1v) is 7.88. The molecule has 0 aliphatic rings. The van der Waals surface area contributed by atoms with E-state index in [-0.39, 0.29) is 0 Å². The minimum atomic E-state index is 0.687. The molecule has 0 saturated heterocycles. The van der Waals surface area contributed by atoms with E-state index < -0.39 is 0 Å². The van der Waals surface area contributed by atoms with Crippen molar-refractivity contribution in [2.75, 3.05) is 17.6 Å². The predicted molar refractivity (Wildman–Crippen MR) is 80.4 cm³/mol. The molecule has 1 rings (SSSR count). The van der Waals surface area contributed by atoms with Crippen LogP contribution in [0.3, 0.4) is 0 Å². The molecule has 0 aromatic carbocycles. The number of nitrogens with zero attached hydrogens (tertiary/aromatic N) is 2. The lowest BCUT2D eigenvalue weighted by Crippen LogP contribution is -2.08. The van der Waals surface area contributed by atoms with Gasteiger partial charge in [-0.3, -0.25) is 0 Å². The smallest absolute Gasteiger partial charge is 0.133 e. The molecule has 0 bridgehead atoms. The van der Waals surface area contributed by atoms with Crippen LogP contribution in [-0.4, -0.2) is 22.3 Å². The normalized spacial score (nSPS) is 10.9. The van der Waals surface area contributed by atoms with E-state index in [4.69, 9.17) is 0 Å². The molecule has 3 nitrogen and oxygen atoms in total. The average Bonchev–Trinajstić information content (AvgIpc) is 2.36. The Morgan fingerprint density at radius 1 is 1.22 bits per heavy atom. The fraction of sp³-hybridized carbons (Fsp3) is 0.714. The summed E-state index contributed by atoms with van der Waals surface area (Å²) in [7, 11) is 0. The Morgan fingerprint density at radius 3 is 2.61 bits per heavy atom. The Balaban J connectivity index is 2.86. The molecule has 0 atom stereocenters. The summed E-state index contributed by atoms with van der Waals surface area (Å²) in [5.74, 6) is 2.83. The zero-order valence-electron chi connectivity index (χ0n) is 12.0. The van der Waals surface area contributed by atoms with E-state index in [9.17, 15) is 0 Å². The van der Waals surface area contributed by atoms with Crippen LogP contribution in [0.25, 0.3) is 0 Å². The number of thioether (sulfide) groups is 1. The number of aromatic nitrogens is 2. The van der Waals surface area contributed by atoms with Gasteiger partial charge in [-0.1, -0.05) is 34.1 Å². The van der Waals surface area contributed by atoms with Gasteiger partial charge in [0.05, 0.1) is 0 Å². The Morgan fingerprint density at radius 2 is 2.00 bits per heavy atom. The third-order valence-corrected chi connectivity index (χ3v) is 3.96. The van der Waals surface area contributed by atoms with Gasteiger partial charge in [-0.15, -0.1) is 11.8 Å². The number of rotatable bonds is 8. The number of anilines is 1. The van der Waals surface area contributed by atoms with Crippen LogP contribution in [0.1, 0.15) is 46.1 Å². The van der Waals surface area contributed by atoms with Crippen molar-refractivity contribution in [1.82, 2.24) is 9.97 Å². The minimum absolute atomic E-state index is 0.687. The molecule has 1 aromatic heterocycles. The standard InChI is InChI=1S/C14H25N3S/c1-5-7-12-13(15-8-6-2)16-10-17-14(12)18-9-11(3)4/h10-11H,5-9H2,1-4H3,(H,15,16,17). The Bertz CT molecular complexity index is 353. The number of hydrogen-bond donors (Lipinski definition) is 1. The first-order chi connectivity index (χ1) is 8.69. The van der Waals surface area contributed by atoms with Crippen LogP contribution in [0.4, 0.5) is 5.82 Å². The van der Waals surface area contributed by atoms with Gasteiger partial charge >= 0.3 is 0 Å². The van der Waals surface area contributed by atoms with Gasteiger partial charge in [0.2, 0.25) is 0 Å². The molecule has 1 heterocycles. The highest BCUT2D eigenvalue weighted by molar-refractivity contribution is 7.99. The lowest BCUT2D eigenvalue weighted by atomic mass is 10.2. The third kappa shape index (κ3) is 4.84. The first-order valence-electron chi connectivity index (χ1n) is 6.89. The van der Waals surface area contributed by atoms with E-state index in [0.717, 1.165) is 42.4 Å². The fourth-order valence-electron chi connectivity index (χ4n) is 1.64. The van der Waals surface area contributed by atoms with E-state index in [0.29, 0.717) is 5.92 Å². The van der Waals surface area contributed by atoms with Crippen molar-refractivity contribution in [1.29, 1.82) is 0 Å². The van der Waals surface area contributed by atoms with Gasteiger partial charge in [-0.2, -0.15) is 0 Å². The Hall–Kier alpha value is -0.770. The number of hydrogen-bond acceptors (Lipinski definition) is 4. The van der Waals surface area contributed by atoms with E-state index in [1.165, 1.54) is 5.56 Å². The van der Waals surface area contributed by atoms with Crippen molar-refractivity contribution in [2.45, 2.75) is 52.0 Å². The molecule has 0 aliphatic carbocycles. The van der Waals surface area contributed by atoms with Gasteiger partial charge in [-0.05, 0) is 18.8 Å². The summed E-state index contributed by atoms with van der Waals surface area (Å²) in [5.41, 5.74) is 1.29. The molecule has 1 N–H and O–H groups in total. The van der Waals surface area contributed by atoms with Crippen molar-refractivity contribution >= 4 is 17.6 Å². The van der Waals surface area contributed by atoms with Gasteiger partial charge in [0.25, 0.3) is 0 Å². The quantitative estimate of drug-likeness (QED) is 0.570. The van der Waals surface area contributed by atoms with Gasteiger partial charge in [-0.25, -0.2) is 9.97 Å². The van der Waals surface area contributed by atoms with Crippen LogP contribution >= 0.6 is 11.8 Å². The highest BCUT2D eigenvalue weighted by atomic mass is 32.2. The molecule has 4 heteroatoms. The second-order valence-electron chi connectivity index (χ2n) is 4.89. The maximum Gasteiger partial charge on any atom is 0.133 e. The zero-order chi connectivity index (χ0) is 13.4. The van der Waals surface area contributed by atoms with E-state index in [1.807, 2.05) is 11.8 Å². The van der Waals surface area contributed by atoms with Crippen LogP contribution in [0.5, 0.6) is 0 Å². The third-order valence-electron chi connectivity index (χ3n) is 2.50. The van der Waals surface area contributed by atoms with Gasteiger partial charge in [0.15, 0.2) is 0 Å². The Kier molecular flexibility index (Phi) is 7.09. The van der Waals surface area contributed by atoms with Gasteiger partial charge in [0.1, 0.15) is 17.2 Å². The van der Waals surface area contributed by atoms with Crippen molar-refractivity contribution < 1.29 is 0 Å². The van der Waals surface area contributed by atoms with Crippen molar-refractivity contribution in [2.24, 2.45) is 5.92 Å². The second-order valence-corrected chi connectivity index (χ2v) is 5.90. The second kappa shape index (κ2) is 8.35. The van der Waals surface area contributed by atoms with E-state index >= 15 is 0 Å². The minimum Gasteiger partial charge on any atom is -0.370 e. The zero-order valence-corrected chi connectivity index (χ0v) is 12.8. The summed E-state index contributed by atoms with van der Waals surface area (Å²) in [6.07, 6.45) is 4.97. The molecule has 1 aromatic rings. The lowest BCUT2D eigenvalue weighted by molar-refractivity contribution is 0.748. The molecule has 102 valence electrons. The number of nitrogens with one attached hydrogen (secondary N) is 1. The van der Waals surface area contributed by atoms with Gasteiger partial charge in [0, 0.05) is 17.9 Å². The van der Waals surface area contributed by atoms with Crippen LogP contribution in [0.15, 0.2) is 11.4 Å². The largest absolute Gasteiger partial charge is 0.370 e. The van der Waals surface area contributed by atoms with Crippen LogP contribution in [0, 0.1) is 5.92 Å². The highest BCUT2D eigenvalue weighted by Crippen LogP contribution is 2.27. The summed E-state index contributed by atoms with van der Waals surface area (Å²) in [5, 5.41) is 4.56. The fourth-order valence-corrected chi connectivity index (χ4v) is 2.62. The van der Waals surface area contributed by atoms with Gasteiger partial charge < -0.3 is 5.32 Å². The van der Waals surface area contributed by atoms with Crippen LogP contribution in [0.2, 0.25) is 0 Å². The molecular weight excluding hydrogens is 242 g/mol. The Labute approximate surface area is 115 Å². The monoisotopic (exact) mass is 267 g/mol. The predicted octanol–water partition coefficient (Wildman–Crippen LogP) is 4.00.